The summed E-state index contributed by atoms with van der Waals surface area (Å²) in [5.41, 5.74) is 9.07. The highest BCUT2D eigenvalue weighted by Gasteiger charge is 2.32. The fourth-order valence-electron chi connectivity index (χ4n) is 2.75. The predicted molar refractivity (Wildman–Crippen MR) is 82.6 cm³/mol. The van der Waals surface area contributed by atoms with Gasteiger partial charge in [-0.05, 0) is 38.9 Å². The Hall–Kier alpha value is -1.06. The van der Waals surface area contributed by atoms with Crippen LogP contribution in [0.15, 0.2) is 24.3 Å². The SMILES string of the molecule is CC[C@H](N)c1ccccc1N1CCN(C)C(C)(C)C1. The van der Waals surface area contributed by atoms with Crippen molar-refractivity contribution in [2.24, 2.45) is 5.73 Å². The molecule has 1 aromatic carbocycles. The second kappa shape index (κ2) is 5.51. The van der Waals surface area contributed by atoms with E-state index in [2.05, 4.69) is 61.9 Å². The van der Waals surface area contributed by atoms with Gasteiger partial charge in [0.05, 0.1) is 0 Å². The van der Waals surface area contributed by atoms with Gasteiger partial charge in [0.25, 0.3) is 0 Å². The molecule has 106 valence electrons. The van der Waals surface area contributed by atoms with Gasteiger partial charge in [-0.25, -0.2) is 0 Å². The Morgan fingerprint density at radius 3 is 2.58 bits per heavy atom. The Balaban J connectivity index is 2.27. The van der Waals surface area contributed by atoms with Gasteiger partial charge in [0.2, 0.25) is 0 Å². The maximum absolute atomic E-state index is 6.26. The third kappa shape index (κ3) is 2.93. The molecule has 1 heterocycles. The van der Waals surface area contributed by atoms with E-state index in [-0.39, 0.29) is 11.6 Å². The van der Waals surface area contributed by atoms with Crippen LogP contribution in [0.4, 0.5) is 5.69 Å². The summed E-state index contributed by atoms with van der Waals surface area (Å²) in [6.45, 7) is 9.99. The fraction of sp³-hybridized carbons (Fsp3) is 0.625. The Bertz CT molecular complexity index is 428. The van der Waals surface area contributed by atoms with E-state index >= 15 is 0 Å². The largest absolute Gasteiger partial charge is 0.368 e. The molecule has 1 fully saturated rings. The van der Waals surface area contributed by atoms with Crippen LogP contribution in [0.3, 0.4) is 0 Å². The first-order chi connectivity index (χ1) is 8.95. The smallest absolute Gasteiger partial charge is 0.0415 e. The topological polar surface area (TPSA) is 32.5 Å². The van der Waals surface area contributed by atoms with Crippen molar-refractivity contribution in [3.05, 3.63) is 29.8 Å². The molecule has 1 atom stereocenters. The monoisotopic (exact) mass is 261 g/mol. The first kappa shape index (κ1) is 14.4. The number of piperazine rings is 1. The molecular formula is C16H27N3. The van der Waals surface area contributed by atoms with Crippen molar-refractivity contribution in [1.82, 2.24) is 4.90 Å². The van der Waals surface area contributed by atoms with E-state index < -0.39 is 0 Å². The minimum Gasteiger partial charge on any atom is -0.368 e. The molecule has 0 saturated carbocycles. The zero-order valence-electron chi connectivity index (χ0n) is 12.7. The van der Waals surface area contributed by atoms with Crippen molar-refractivity contribution in [2.75, 3.05) is 31.6 Å². The summed E-state index contributed by atoms with van der Waals surface area (Å²) in [5.74, 6) is 0. The molecule has 1 aliphatic heterocycles. The molecule has 3 heteroatoms. The molecule has 3 nitrogen and oxygen atoms in total. The first-order valence-electron chi connectivity index (χ1n) is 7.26. The molecule has 2 N–H and O–H groups in total. The molecule has 0 bridgehead atoms. The standard InChI is InChI=1S/C16H27N3/c1-5-14(17)13-8-6-7-9-15(13)19-11-10-18(4)16(2,3)12-19/h6-9,14H,5,10-12,17H2,1-4H3/t14-/m0/s1. The zero-order chi connectivity index (χ0) is 14.0. The van der Waals surface area contributed by atoms with Gasteiger partial charge in [-0.1, -0.05) is 25.1 Å². The van der Waals surface area contributed by atoms with Crippen molar-refractivity contribution < 1.29 is 0 Å². The van der Waals surface area contributed by atoms with Crippen LogP contribution in [-0.2, 0) is 0 Å². The van der Waals surface area contributed by atoms with E-state index in [4.69, 9.17) is 5.73 Å². The molecule has 19 heavy (non-hydrogen) atoms. The van der Waals surface area contributed by atoms with E-state index in [1.54, 1.807) is 0 Å². The number of benzene rings is 1. The maximum Gasteiger partial charge on any atom is 0.0415 e. The second-order valence-corrected chi connectivity index (χ2v) is 6.23. The van der Waals surface area contributed by atoms with Crippen LogP contribution in [0.25, 0.3) is 0 Å². The Kier molecular flexibility index (Phi) is 4.16. The lowest BCUT2D eigenvalue weighted by Crippen LogP contribution is -2.57. The molecule has 0 aliphatic carbocycles. The van der Waals surface area contributed by atoms with E-state index in [0.717, 1.165) is 26.1 Å². The Morgan fingerprint density at radius 1 is 1.26 bits per heavy atom. The summed E-state index contributed by atoms with van der Waals surface area (Å²) in [5, 5.41) is 0. The second-order valence-electron chi connectivity index (χ2n) is 6.23. The van der Waals surface area contributed by atoms with E-state index in [0.29, 0.717) is 0 Å². The van der Waals surface area contributed by atoms with Crippen LogP contribution in [0.2, 0.25) is 0 Å². The number of nitrogens with two attached hydrogens (primary N) is 1. The maximum atomic E-state index is 6.26. The number of nitrogens with zero attached hydrogens (tertiary/aromatic N) is 2. The Labute approximate surface area is 117 Å². The van der Waals surface area contributed by atoms with E-state index in [1.807, 2.05) is 0 Å². The molecule has 0 spiro atoms. The fourth-order valence-corrected chi connectivity index (χ4v) is 2.75. The van der Waals surface area contributed by atoms with Gasteiger partial charge >= 0.3 is 0 Å². The molecule has 0 unspecified atom stereocenters. The quantitative estimate of drug-likeness (QED) is 0.908. The van der Waals surface area contributed by atoms with Crippen molar-refractivity contribution in [1.29, 1.82) is 0 Å². The molecule has 1 aliphatic rings. The van der Waals surface area contributed by atoms with Crippen LogP contribution in [0.5, 0.6) is 0 Å². The first-order valence-corrected chi connectivity index (χ1v) is 7.26. The van der Waals surface area contributed by atoms with E-state index in [1.165, 1.54) is 11.3 Å². The van der Waals surface area contributed by atoms with Gasteiger partial charge in [0.1, 0.15) is 0 Å². The van der Waals surface area contributed by atoms with Crippen LogP contribution >= 0.6 is 0 Å². The lowest BCUT2D eigenvalue weighted by Gasteiger charge is -2.47. The summed E-state index contributed by atoms with van der Waals surface area (Å²) >= 11 is 0. The zero-order valence-corrected chi connectivity index (χ0v) is 12.7. The lowest BCUT2D eigenvalue weighted by atomic mass is 9.96. The van der Waals surface area contributed by atoms with Crippen LogP contribution in [0, 0.1) is 0 Å². The van der Waals surface area contributed by atoms with Gasteiger partial charge in [-0.3, -0.25) is 4.90 Å². The number of para-hydroxylation sites is 1. The highest BCUT2D eigenvalue weighted by molar-refractivity contribution is 5.55. The average Bonchev–Trinajstić information content (AvgIpc) is 2.41. The highest BCUT2D eigenvalue weighted by atomic mass is 15.3. The summed E-state index contributed by atoms with van der Waals surface area (Å²) in [6.07, 6.45) is 0.980. The third-order valence-electron chi connectivity index (χ3n) is 4.43. The van der Waals surface area contributed by atoms with Gasteiger partial charge in [0, 0.05) is 36.9 Å². The van der Waals surface area contributed by atoms with E-state index in [9.17, 15) is 0 Å². The van der Waals surface area contributed by atoms with Gasteiger partial charge in [-0.15, -0.1) is 0 Å². The van der Waals surface area contributed by atoms with Crippen LogP contribution < -0.4 is 10.6 Å². The lowest BCUT2D eigenvalue weighted by molar-refractivity contribution is 0.138. The molecule has 0 radical (unpaired) electrons. The average molecular weight is 261 g/mol. The van der Waals surface area contributed by atoms with Crippen molar-refractivity contribution >= 4 is 5.69 Å². The summed E-state index contributed by atoms with van der Waals surface area (Å²) in [4.78, 5) is 4.93. The van der Waals surface area contributed by atoms with Crippen molar-refractivity contribution in [3.63, 3.8) is 0 Å². The normalized spacial score (nSPS) is 21.4. The van der Waals surface area contributed by atoms with Gasteiger partial charge < -0.3 is 10.6 Å². The van der Waals surface area contributed by atoms with Crippen molar-refractivity contribution in [2.45, 2.75) is 38.8 Å². The summed E-state index contributed by atoms with van der Waals surface area (Å²) < 4.78 is 0. The summed E-state index contributed by atoms with van der Waals surface area (Å²) in [7, 11) is 2.21. The number of rotatable bonds is 3. The molecule has 0 amide bonds. The molecule has 1 aromatic rings. The van der Waals surface area contributed by atoms with Gasteiger partial charge in [0.15, 0.2) is 0 Å². The molecule has 2 rings (SSSR count). The molecule has 0 aromatic heterocycles. The van der Waals surface area contributed by atoms with Crippen LogP contribution in [0.1, 0.15) is 38.8 Å². The predicted octanol–water partition coefficient (Wildman–Crippen LogP) is 2.63. The van der Waals surface area contributed by atoms with Gasteiger partial charge in [-0.2, -0.15) is 0 Å². The molecular weight excluding hydrogens is 234 g/mol. The third-order valence-corrected chi connectivity index (χ3v) is 4.43. The number of anilines is 1. The minimum atomic E-state index is 0.138. The van der Waals surface area contributed by atoms with Crippen LogP contribution in [-0.4, -0.2) is 37.1 Å². The number of hydrogen-bond acceptors (Lipinski definition) is 3. The summed E-state index contributed by atoms with van der Waals surface area (Å²) in [6, 6.07) is 8.74. The number of likely N-dealkylation sites (N-methyl/N-ethyl adjacent to an activating group) is 1. The number of hydrogen-bond donors (Lipinski definition) is 1. The minimum absolute atomic E-state index is 0.138. The molecule has 1 saturated heterocycles. The Morgan fingerprint density at radius 2 is 1.95 bits per heavy atom. The van der Waals surface area contributed by atoms with Crippen molar-refractivity contribution in [3.8, 4) is 0 Å². The highest BCUT2D eigenvalue weighted by Crippen LogP contribution is 2.30.